The van der Waals surface area contributed by atoms with E-state index in [1.165, 1.54) is 0 Å². The summed E-state index contributed by atoms with van der Waals surface area (Å²) < 4.78 is 0. The first kappa shape index (κ1) is 12.0. The van der Waals surface area contributed by atoms with E-state index in [-0.39, 0.29) is 10.3 Å². The molecule has 0 atom stereocenters. The van der Waals surface area contributed by atoms with E-state index in [1.807, 2.05) is 0 Å². The Hall–Kier alpha value is 1.01. The summed E-state index contributed by atoms with van der Waals surface area (Å²) >= 11 is 12.7. The van der Waals surface area contributed by atoms with E-state index in [4.69, 9.17) is 22.5 Å². The van der Waals surface area contributed by atoms with Crippen LogP contribution in [0.25, 0.3) is 0 Å². The molecule has 0 bridgehead atoms. The lowest BCUT2D eigenvalue weighted by Crippen LogP contribution is -2.26. The maximum Gasteiger partial charge on any atom is 0.221 e. The summed E-state index contributed by atoms with van der Waals surface area (Å²) in [4.78, 5) is 0. The molecule has 3 heteroatoms. The molecule has 0 fully saturated rings. The fourth-order valence-electron chi connectivity index (χ4n) is 1.01. The van der Waals surface area contributed by atoms with Crippen LogP contribution in [0.1, 0.15) is 41.5 Å². The molecule has 0 aliphatic carbocycles. The van der Waals surface area contributed by atoms with E-state index in [1.54, 1.807) is 0 Å². The van der Waals surface area contributed by atoms with Gasteiger partial charge in [-0.25, -0.2) is 0 Å². The lowest BCUT2D eigenvalue weighted by atomic mass is 10.2. The molecule has 0 spiro atoms. The first-order chi connectivity index (χ1) is 4.50. The van der Waals surface area contributed by atoms with Gasteiger partial charge < -0.3 is 0 Å². The Morgan fingerprint density at radius 3 is 0.909 bits per heavy atom. The molecule has 0 unspecified atom stereocenters. The molecule has 0 aromatic rings. The summed E-state index contributed by atoms with van der Waals surface area (Å²) in [6.45, 7) is 12.6. The van der Waals surface area contributed by atoms with Crippen molar-refractivity contribution in [3.8, 4) is 0 Å². The van der Waals surface area contributed by atoms with Crippen molar-refractivity contribution >= 4 is 28.4 Å². The highest BCUT2D eigenvalue weighted by molar-refractivity contribution is 8.19. The smallest absolute Gasteiger partial charge is 0.0231 e. The third-order valence-electron chi connectivity index (χ3n) is 1.69. The van der Waals surface area contributed by atoms with Crippen LogP contribution in [0, 0.1) is 0 Å². The van der Waals surface area contributed by atoms with Crippen LogP contribution < -0.4 is 0 Å². The van der Waals surface area contributed by atoms with Crippen molar-refractivity contribution in [1.29, 1.82) is 0 Å². The van der Waals surface area contributed by atoms with E-state index < -0.39 is 5.97 Å². The summed E-state index contributed by atoms with van der Waals surface area (Å²) in [5.41, 5.74) is 0. The average Bonchev–Trinajstić information content (AvgIpc) is 1.58. The highest BCUT2D eigenvalue weighted by atomic mass is 35.9. The minimum absolute atomic E-state index is 0.0222. The predicted molar refractivity (Wildman–Crippen MR) is 58.1 cm³/mol. The summed E-state index contributed by atoms with van der Waals surface area (Å²) in [6.07, 6.45) is 0. The Bertz CT molecular complexity index is 123. The number of hydrogen-bond acceptors (Lipinski definition) is 0. The van der Waals surface area contributed by atoms with Crippen molar-refractivity contribution in [2.45, 2.75) is 51.9 Å². The molecule has 0 saturated heterocycles. The van der Waals surface area contributed by atoms with Gasteiger partial charge in [0.05, 0.1) is 0 Å². The Kier molecular flexibility index (Phi) is 3.33. The van der Waals surface area contributed by atoms with Gasteiger partial charge in [0.2, 0.25) is 5.97 Å². The maximum absolute atomic E-state index is 6.36. The van der Waals surface area contributed by atoms with Crippen LogP contribution in [-0.4, -0.2) is 10.3 Å². The Morgan fingerprint density at radius 1 is 0.727 bits per heavy atom. The summed E-state index contributed by atoms with van der Waals surface area (Å²) in [5.74, 6) is -1.87. The summed E-state index contributed by atoms with van der Waals surface area (Å²) in [5, 5.41) is 0.0444. The molecule has 0 N–H and O–H groups in total. The second-order valence-electron chi connectivity index (χ2n) is 4.86. The third kappa shape index (κ3) is 2.47. The van der Waals surface area contributed by atoms with Crippen molar-refractivity contribution in [3.05, 3.63) is 0 Å². The van der Waals surface area contributed by atoms with Gasteiger partial charge in [-0.05, 0) is 41.5 Å². The molecule has 0 nitrogen and oxygen atoms in total. The number of rotatable bonds is 0. The molecule has 0 aromatic heterocycles. The molecule has 0 amide bonds. The molecule has 0 saturated carbocycles. The molecule has 68 valence electrons. The van der Waals surface area contributed by atoms with Crippen LogP contribution in [-0.2, 0) is 0 Å². The SMILES string of the molecule is CC(C)(C)[P+](Cl)(Cl)C(C)(C)C. The zero-order chi connectivity index (χ0) is 9.50. The van der Waals surface area contributed by atoms with Crippen LogP contribution in [0.5, 0.6) is 0 Å². The third-order valence-corrected chi connectivity index (χ3v) is 11.1. The molecule has 0 rings (SSSR count). The average molecular weight is 216 g/mol. The minimum Gasteiger partial charge on any atom is -0.0231 e. The zero-order valence-electron chi connectivity index (χ0n) is 8.20. The van der Waals surface area contributed by atoms with Gasteiger partial charge in [-0.2, -0.15) is 0 Å². The van der Waals surface area contributed by atoms with Crippen LogP contribution >= 0.6 is 28.4 Å². The Morgan fingerprint density at radius 2 is 0.909 bits per heavy atom. The van der Waals surface area contributed by atoms with Gasteiger partial charge in [-0.1, -0.05) is 0 Å². The van der Waals surface area contributed by atoms with E-state index in [2.05, 4.69) is 41.5 Å². The minimum atomic E-state index is -1.87. The summed E-state index contributed by atoms with van der Waals surface area (Å²) in [6, 6.07) is 0. The van der Waals surface area contributed by atoms with Gasteiger partial charge >= 0.3 is 0 Å². The number of halogens is 2. The monoisotopic (exact) mass is 215 g/mol. The largest absolute Gasteiger partial charge is 0.221 e. The maximum atomic E-state index is 6.36. The number of hydrogen-bond donors (Lipinski definition) is 0. The lowest BCUT2D eigenvalue weighted by molar-refractivity contribution is 0.714. The van der Waals surface area contributed by atoms with Crippen molar-refractivity contribution in [3.63, 3.8) is 0 Å². The quantitative estimate of drug-likeness (QED) is 0.504. The topological polar surface area (TPSA) is 0 Å². The lowest BCUT2D eigenvalue weighted by Gasteiger charge is -2.34. The van der Waals surface area contributed by atoms with Crippen LogP contribution in [0.3, 0.4) is 0 Å². The van der Waals surface area contributed by atoms with Crippen molar-refractivity contribution < 1.29 is 0 Å². The molecule has 0 aromatic carbocycles. The van der Waals surface area contributed by atoms with Crippen LogP contribution in [0.4, 0.5) is 0 Å². The molecule has 0 aliphatic rings. The van der Waals surface area contributed by atoms with Crippen molar-refractivity contribution in [1.82, 2.24) is 0 Å². The van der Waals surface area contributed by atoms with E-state index >= 15 is 0 Å². The second kappa shape index (κ2) is 3.05. The highest BCUT2D eigenvalue weighted by Crippen LogP contribution is 2.84. The van der Waals surface area contributed by atoms with Crippen LogP contribution in [0.2, 0.25) is 0 Å². The van der Waals surface area contributed by atoms with Crippen molar-refractivity contribution in [2.24, 2.45) is 0 Å². The van der Waals surface area contributed by atoms with E-state index in [0.29, 0.717) is 0 Å². The molecule has 0 heterocycles. The summed E-state index contributed by atoms with van der Waals surface area (Å²) in [7, 11) is 0. The molecule has 11 heavy (non-hydrogen) atoms. The molecule has 0 radical (unpaired) electrons. The normalized spacial score (nSPS) is 15.3. The zero-order valence-corrected chi connectivity index (χ0v) is 10.6. The van der Waals surface area contributed by atoms with Gasteiger partial charge in [-0.3, -0.25) is 0 Å². The van der Waals surface area contributed by atoms with Crippen LogP contribution in [0.15, 0.2) is 0 Å². The Labute approximate surface area is 80.6 Å². The molecular formula is C8H18Cl2P+. The van der Waals surface area contributed by atoms with Gasteiger partial charge in [0, 0.05) is 0 Å². The van der Waals surface area contributed by atoms with Gasteiger partial charge in [0.25, 0.3) is 0 Å². The fraction of sp³-hybridized carbons (Fsp3) is 1.00. The predicted octanol–water partition coefficient (Wildman–Crippen LogP) is 4.91. The first-order valence-electron chi connectivity index (χ1n) is 3.79. The Balaban J connectivity index is 4.75. The molecule has 0 aliphatic heterocycles. The van der Waals surface area contributed by atoms with Gasteiger partial charge in [0.15, 0.2) is 0 Å². The van der Waals surface area contributed by atoms with E-state index in [9.17, 15) is 0 Å². The van der Waals surface area contributed by atoms with Crippen molar-refractivity contribution in [2.75, 3.05) is 0 Å². The second-order valence-corrected chi connectivity index (χ2v) is 12.1. The van der Waals surface area contributed by atoms with Gasteiger partial charge in [-0.15, -0.1) is 0 Å². The fourth-order valence-corrected chi connectivity index (χ4v) is 3.02. The van der Waals surface area contributed by atoms with E-state index in [0.717, 1.165) is 0 Å². The van der Waals surface area contributed by atoms with Gasteiger partial charge in [0.1, 0.15) is 32.8 Å². The highest BCUT2D eigenvalue weighted by Gasteiger charge is 2.57. The first-order valence-corrected chi connectivity index (χ1v) is 7.38. The standard InChI is InChI=1S/C8H18Cl2P/c1-7(2,3)11(9,10)8(4,5)6/h1-6H3/q+1. The molecular weight excluding hydrogens is 198 g/mol.